The zero-order chi connectivity index (χ0) is 13.7. The minimum Gasteiger partial charge on any atom is -0.480 e. The molecule has 0 aliphatic rings. The van der Waals surface area contributed by atoms with Gasteiger partial charge >= 0.3 is 5.97 Å². The first-order valence-electron chi connectivity index (χ1n) is 5.54. The van der Waals surface area contributed by atoms with E-state index in [1.54, 1.807) is 0 Å². The van der Waals surface area contributed by atoms with Crippen molar-refractivity contribution in [3.05, 3.63) is 28.8 Å². The third-order valence-corrected chi connectivity index (χ3v) is 2.78. The number of nitrogen functional groups attached to an aromatic ring is 1. The second kappa shape index (κ2) is 6.26. The summed E-state index contributed by atoms with van der Waals surface area (Å²) in [6, 6.07) is 3.53. The first kappa shape index (κ1) is 14.3. The van der Waals surface area contributed by atoms with Crippen molar-refractivity contribution in [3.8, 4) is 0 Å². The molecule has 0 spiro atoms. The van der Waals surface area contributed by atoms with Gasteiger partial charge in [-0.3, -0.25) is 4.79 Å². The number of hydrogen-bond acceptors (Lipinski definition) is 3. The molecule has 0 saturated carbocycles. The van der Waals surface area contributed by atoms with Gasteiger partial charge in [0, 0.05) is 5.56 Å². The molecule has 0 saturated heterocycles. The maximum Gasteiger partial charge on any atom is 0.326 e. The number of benzene rings is 1. The maximum atomic E-state index is 11.8. The first-order valence-corrected chi connectivity index (χ1v) is 5.92. The van der Waals surface area contributed by atoms with Gasteiger partial charge in [0.15, 0.2) is 0 Å². The normalized spacial score (nSPS) is 11.9. The van der Waals surface area contributed by atoms with Gasteiger partial charge in [-0.1, -0.05) is 24.9 Å². The quantitative estimate of drug-likeness (QED) is 0.713. The molecule has 0 heterocycles. The predicted octanol–water partition coefficient (Wildman–Crippen LogP) is 1.91. The topological polar surface area (TPSA) is 92.4 Å². The third-order valence-electron chi connectivity index (χ3n) is 2.44. The molecule has 1 unspecified atom stereocenters. The fourth-order valence-corrected chi connectivity index (χ4v) is 1.59. The number of aliphatic carboxylic acids is 1. The number of amides is 1. The predicted molar refractivity (Wildman–Crippen MR) is 69.7 cm³/mol. The van der Waals surface area contributed by atoms with E-state index < -0.39 is 17.9 Å². The summed E-state index contributed by atoms with van der Waals surface area (Å²) in [6.07, 6.45) is 1.05. The number of carbonyl (C=O) groups excluding carboxylic acids is 1. The van der Waals surface area contributed by atoms with E-state index in [9.17, 15) is 9.59 Å². The smallest absolute Gasteiger partial charge is 0.326 e. The van der Waals surface area contributed by atoms with Crippen LogP contribution in [0.2, 0.25) is 5.02 Å². The number of carbonyl (C=O) groups is 2. The van der Waals surface area contributed by atoms with Crippen LogP contribution >= 0.6 is 11.6 Å². The van der Waals surface area contributed by atoms with E-state index in [0.29, 0.717) is 23.4 Å². The van der Waals surface area contributed by atoms with Gasteiger partial charge in [0.25, 0.3) is 5.91 Å². The van der Waals surface area contributed by atoms with Crippen LogP contribution in [0.1, 0.15) is 30.1 Å². The summed E-state index contributed by atoms with van der Waals surface area (Å²) in [5, 5.41) is 11.7. The van der Waals surface area contributed by atoms with E-state index >= 15 is 0 Å². The van der Waals surface area contributed by atoms with Crippen LogP contribution in [-0.4, -0.2) is 23.0 Å². The summed E-state index contributed by atoms with van der Waals surface area (Å²) in [5.74, 6) is -1.52. The highest BCUT2D eigenvalue weighted by molar-refractivity contribution is 6.33. The Morgan fingerprint density at radius 1 is 1.50 bits per heavy atom. The molecular formula is C12H15ClN2O3. The van der Waals surface area contributed by atoms with Crippen molar-refractivity contribution in [1.29, 1.82) is 0 Å². The van der Waals surface area contributed by atoms with Gasteiger partial charge in [-0.05, 0) is 24.6 Å². The van der Waals surface area contributed by atoms with Crippen molar-refractivity contribution in [1.82, 2.24) is 5.32 Å². The Morgan fingerprint density at radius 2 is 2.17 bits per heavy atom. The van der Waals surface area contributed by atoms with Crippen LogP contribution in [0.25, 0.3) is 0 Å². The van der Waals surface area contributed by atoms with Gasteiger partial charge in [0.05, 0.1) is 10.7 Å². The maximum absolute atomic E-state index is 11.8. The second-order valence-electron chi connectivity index (χ2n) is 3.89. The van der Waals surface area contributed by atoms with Crippen LogP contribution in [0, 0.1) is 0 Å². The minimum absolute atomic E-state index is 0.284. The van der Waals surface area contributed by atoms with Gasteiger partial charge < -0.3 is 16.2 Å². The number of rotatable bonds is 5. The lowest BCUT2D eigenvalue weighted by Crippen LogP contribution is -2.40. The summed E-state index contributed by atoms with van der Waals surface area (Å²) >= 11 is 5.74. The van der Waals surface area contributed by atoms with Gasteiger partial charge in [-0.25, -0.2) is 4.79 Å². The fraction of sp³-hybridized carbons (Fsp3) is 0.333. The van der Waals surface area contributed by atoms with Crippen LogP contribution in [-0.2, 0) is 4.79 Å². The largest absolute Gasteiger partial charge is 0.480 e. The molecule has 1 amide bonds. The lowest BCUT2D eigenvalue weighted by atomic mass is 10.1. The van der Waals surface area contributed by atoms with Crippen LogP contribution in [0.15, 0.2) is 18.2 Å². The Balaban J connectivity index is 2.80. The lowest BCUT2D eigenvalue weighted by molar-refractivity contribution is -0.139. The van der Waals surface area contributed by atoms with Gasteiger partial charge in [-0.2, -0.15) is 0 Å². The number of anilines is 1. The van der Waals surface area contributed by atoms with E-state index in [1.165, 1.54) is 18.2 Å². The average Bonchev–Trinajstić information content (AvgIpc) is 2.31. The van der Waals surface area contributed by atoms with Crippen molar-refractivity contribution in [2.45, 2.75) is 25.8 Å². The molecule has 6 heteroatoms. The molecule has 0 radical (unpaired) electrons. The summed E-state index contributed by atoms with van der Waals surface area (Å²) in [5.41, 5.74) is 6.15. The molecule has 18 heavy (non-hydrogen) atoms. The molecule has 0 aliphatic heterocycles. The van der Waals surface area contributed by atoms with Gasteiger partial charge in [-0.15, -0.1) is 0 Å². The van der Waals surface area contributed by atoms with Crippen molar-refractivity contribution in [3.63, 3.8) is 0 Å². The summed E-state index contributed by atoms with van der Waals surface area (Å²) < 4.78 is 0. The Hall–Kier alpha value is -1.75. The SMILES string of the molecule is CCCC(NC(=O)c1ccc(Cl)c(N)c1)C(=O)O. The summed E-state index contributed by atoms with van der Waals surface area (Å²) in [6.45, 7) is 1.85. The highest BCUT2D eigenvalue weighted by Gasteiger charge is 2.19. The molecular weight excluding hydrogens is 256 g/mol. The Kier molecular flexibility index (Phi) is 4.97. The molecule has 1 aromatic rings. The number of nitrogens with two attached hydrogens (primary N) is 1. The number of hydrogen-bond donors (Lipinski definition) is 3. The van der Waals surface area contributed by atoms with Gasteiger partial charge in [0.2, 0.25) is 0 Å². The molecule has 0 aromatic heterocycles. The molecule has 4 N–H and O–H groups in total. The second-order valence-corrected chi connectivity index (χ2v) is 4.30. The van der Waals surface area contributed by atoms with Crippen molar-refractivity contribution < 1.29 is 14.7 Å². The zero-order valence-electron chi connectivity index (χ0n) is 9.94. The average molecular weight is 271 g/mol. The lowest BCUT2D eigenvalue weighted by Gasteiger charge is -2.13. The minimum atomic E-state index is -1.05. The van der Waals surface area contributed by atoms with Crippen LogP contribution in [0.5, 0.6) is 0 Å². The van der Waals surface area contributed by atoms with Crippen molar-refractivity contribution in [2.75, 3.05) is 5.73 Å². The highest BCUT2D eigenvalue weighted by atomic mass is 35.5. The Morgan fingerprint density at radius 3 is 2.67 bits per heavy atom. The molecule has 98 valence electrons. The van der Waals surface area contributed by atoms with Crippen LogP contribution < -0.4 is 11.1 Å². The number of carboxylic acid groups (broad SMARTS) is 1. The van der Waals surface area contributed by atoms with Crippen molar-refractivity contribution in [2.24, 2.45) is 0 Å². The van der Waals surface area contributed by atoms with E-state index in [-0.39, 0.29) is 5.69 Å². The molecule has 1 atom stereocenters. The molecule has 0 fully saturated rings. The van der Waals surface area contributed by atoms with Crippen molar-refractivity contribution >= 4 is 29.2 Å². The highest BCUT2D eigenvalue weighted by Crippen LogP contribution is 2.19. The Labute approximate surface area is 110 Å². The molecule has 1 aromatic carbocycles. The molecule has 5 nitrogen and oxygen atoms in total. The summed E-state index contributed by atoms with van der Waals surface area (Å²) in [4.78, 5) is 22.7. The zero-order valence-corrected chi connectivity index (χ0v) is 10.7. The van der Waals surface area contributed by atoms with Crippen LogP contribution in [0.3, 0.4) is 0 Å². The number of nitrogens with one attached hydrogen (secondary N) is 1. The van der Waals surface area contributed by atoms with Gasteiger partial charge in [0.1, 0.15) is 6.04 Å². The third kappa shape index (κ3) is 3.63. The molecule has 0 bridgehead atoms. The Bertz CT molecular complexity index is 463. The fourth-order valence-electron chi connectivity index (χ4n) is 1.47. The van der Waals surface area contributed by atoms with E-state index in [4.69, 9.17) is 22.4 Å². The monoisotopic (exact) mass is 270 g/mol. The molecule has 1 rings (SSSR count). The first-order chi connectivity index (χ1) is 8.45. The van der Waals surface area contributed by atoms with E-state index in [2.05, 4.69) is 5.32 Å². The molecule has 0 aliphatic carbocycles. The number of carboxylic acids is 1. The standard InChI is InChI=1S/C12H15ClN2O3/c1-2-3-10(12(17)18)15-11(16)7-4-5-8(13)9(14)6-7/h4-6,10H,2-3,14H2,1H3,(H,15,16)(H,17,18). The van der Waals surface area contributed by atoms with E-state index in [1.807, 2.05) is 6.92 Å². The summed E-state index contributed by atoms with van der Waals surface area (Å²) in [7, 11) is 0. The van der Waals surface area contributed by atoms with Crippen LogP contribution in [0.4, 0.5) is 5.69 Å². The van der Waals surface area contributed by atoms with E-state index in [0.717, 1.165) is 0 Å². The number of halogens is 1.